The Balaban J connectivity index is 1.57. The van der Waals surface area contributed by atoms with Crippen molar-refractivity contribution >= 4 is 11.8 Å². The van der Waals surface area contributed by atoms with E-state index in [0.717, 1.165) is 12.8 Å². The van der Waals surface area contributed by atoms with E-state index in [9.17, 15) is 19.2 Å². The highest BCUT2D eigenvalue weighted by Gasteiger charge is 2.34. The van der Waals surface area contributed by atoms with Gasteiger partial charge in [0.15, 0.2) is 0 Å². The summed E-state index contributed by atoms with van der Waals surface area (Å²) < 4.78 is 13.1. The molecular weight excluding hydrogens is 371 g/mol. The van der Waals surface area contributed by atoms with Gasteiger partial charge in [0.2, 0.25) is 5.91 Å². The monoisotopic (exact) mass is 400 g/mol. The largest absolute Gasteiger partial charge is 0.340 e. The zero-order valence-electron chi connectivity index (χ0n) is 17.2. The van der Waals surface area contributed by atoms with Crippen molar-refractivity contribution in [3.05, 3.63) is 35.6 Å². The Hall–Kier alpha value is -2.46. The van der Waals surface area contributed by atoms with Gasteiger partial charge in [-0.3, -0.25) is 14.5 Å². The molecule has 156 valence electrons. The highest BCUT2D eigenvalue weighted by Crippen LogP contribution is 2.22. The summed E-state index contributed by atoms with van der Waals surface area (Å²) in [7, 11) is 0. The molecule has 2 amide bonds. The van der Waals surface area contributed by atoms with Crippen LogP contribution in [0.1, 0.15) is 37.0 Å². The van der Waals surface area contributed by atoms with Gasteiger partial charge in [-0.05, 0) is 43.0 Å². The lowest BCUT2D eigenvalue weighted by Gasteiger charge is -2.40. The summed E-state index contributed by atoms with van der Waals surface area (Å²) >= 11 is 0. The van der Waals surface area contributed by atoms with Gasteiger partial charge in [0.05, 0.1) is 12.0 Å². The fourth-order valence-corrected chi connectivity index (χ4v) is 4.27. The number of carbonyl (C=O) groups is 2. The predicted molar refractivity (Wildman–Crippen MR) is 107 cm³/mol. The van der Waals surface area contributed by atoms with Crippen molar-refractivity contribution in [1.29, 1.82) is 5.26 Å². The van der Waals surface area contributed by atoms with Crippen LogP contribution >= 0.6 is 0 Å². The highest BCUT2D eigenvalue weighted by molar-refractivity contribution is 5.94. The van der Waals surface area contributed by atoms with Gasteiger partial charge in [0, 0.05) is 44.8 Å². The zero-order valence-corrected chi connectivity index (χ0v) is 17.2. The molecule has 2 saturated heterocycles. The van der Waals surface area contributed by atoms with Crippen LogP contribution in [-0.4, -0.2) is 71.8 Å². The topological polar surface area (TPSA) is 67.7 Å². The average molecular weight is 400 g/mol. The summed E-state index contributed by atoms with van der Waals surface area (Å²) in [5.41, 5.74) is 0.448. The second kappa shape index (κ2) is 9.36. The molecule has 6 nitrogen and oxygen atoms in total. The van der Waals surface area contributed by atoms with Crippen LogP contribution in [0.4, 0.5) is 4.39 Å². The number of hydrogen-bond donors (Lipinski definition) is 0. The van der Waals surface area contributed by atoms with E-state index in [1.165, 1.54) is 24.3 Å². The molecule has 2 unspecified atom stereocenters. The lowest BCUT2D eigenvalue weighted by atomic mass is 9.95. The van der Waals surface area contributed by atoms with Crippen molar-refractivity contribution in [2.75, 3.05) is 39.3 Å². The van der Waals surface area contributed by atoms with Gasteiger partial charge >= 0.3 is 0 Å². The molecule has 0 aliphatic carbocycles. The van der Waals surface area contributed by atoms with Crippen LogP contribution in [0.5, 0.6) is 0 Å². The molecule has 3 rings (SSSR count). The van der Waals surface area contributed by atoms with E-state index in [1.807, 2.05) is 18.7 Å². The van der Waals surface area contributed by atoms with Crippen LogP contribution in [0.25, 0.3) is 0 Å². The molecule has 0 aromatic heterocycles. The normalized spacial score (nSPS) is 21.7. The first kappa shape index (κ1) is 21.3. The Morgan fingerprint density at radius 1 is 1.07 bits per heavy atom. The Morgan fingerprint density at radius 3 is 2.31 bits per heavy atom. The van der Waals surface area contributed by atoms with Crippen molar-refractivity contribution in [1.82, 2.24) is 14.7 Å². The Labute approximate surface area is 171 Å². The minimum atomic E-state index is -0.372. The molecule has 0 bridgehead atoms. The Bertz CT molecular complexity index is 766. The van der Waals surface area contributed by atoms with Crippen molar-refractivity contribution < 1.29 is 14.0 Å². The maximum absolute atomic E-state index is 13.1. The number of piperidine rings is 1. The molecule has 7 heteroatoms. The van der Waals surface area contributed by atoms with Crippen LogP contribution < -0.4 is 0 Å². The van der Waals surface area contributed by atoms with Crippen LogP contribution in [0.2, 0.25) is 0 Å². The molecule has 2 fully saturated rings. The van der Waals surface area contributed by atoms with Crippen LogP contribution in [-0.2, 0) is 4.79 Å². The molecule has 2 heterocycles. The van der Waals surface area contributed by atoms with Crippen molar-refractivity contribution in [3.8, 4) is 6.07 Å². The van der Waals surface area contributed by atoms with Gasteiger partial charge in [-0.15, -0.1) is 0 Å². The van der Waals surface area contributed by atoms with Gasteiger partial charge < -0.3 is 9.80 Å². The van der Waals surface area contributed by atoms with E-state index < -0.39 is 0 Å². The van der Waals surface area contributed by atoms with Gasteiger partial charge in [0.25, 0.3) is 5.91 Å². The van der Waals surface area contributed by atoms with Crippen molar-refractivity contribution in [2.24, 2.45) is 11.8 Å². The number of nitriles is 1. The van der Waals surface area contributed by atoms with Crippen LogP contribution in [0.3, 0.4) is 0 Å². The highest BCUT2D eigenvalue weighted by atomic mass is 19.1. The number of amides is 2. The summed E-state index contributed by atoms with van der Waals surface area (Å²) in [6.45, 7) is 7.74. The van der Waals surface area contributed by atoms with E-state index in [4.69, 9.17) is 0 Å². The molecule has 0 N–H and O–H groups in total. The minimum absolute atomic E-state index is 0.0966. The molecule has 1 aromatic carbocycles. The summed E-state index contributed by atoms with van der Waals surface area (Å²) in [4.78, 5) is 31.5. The summed E-state index contributed by atoms with van der Waals surface area (Å²) in [6.07, 6.45) is 1.56. The maximum atomic E-state index is 13.1. The third kappa shape index (κ3) is 4.94. The van der Waals surface area contributed by atoms with E-state index in [1.54, 1.807) is 4.90 Å². The first-order chi connectivity index (χ1) is 13.9. The third-order valence-electron chi connectivity index (χ3n) is 5.93. The molecule has 2 aliphatic rings. The van der Waals surface area contributed by atoms with E-state index in [-0.39, 0.29) is 35.5 Å². The lowest BCUT2D eigenvalue weighted by molar-refractivity contribution is -0.139. The fraction of sp³-hybridized carbons (Fsp3) is 0.591. The minimum Gasteiger partial charge on any atom is -0.340 e. The SMILES string of the molecule is CC(C)C(C#N)N1CCN(C(=O)C2CCCN(C(=O)c3ccc(F)cc3)C2)CC1. The number of piperazine rings is 1. The van der Waals surface area contributed by atoms with Crippen molar-refractivity contribution in [3.63, 3.8) is 0 Å². The van der Waals surface area contributed by atoms with Gasteiger partial charge in [0.1, 0.15) is 11.9 Å². The number of nitrogens with zero attached hydrogens (tertiary/aromatic N) is 4. The Morgan fingerprint density at radius 2 is 1.72 bits per heavy atom. The molecule has 1 aromatic rings. The summed E-state index contributed by atoms with van der Waals surface area (Å²) in [5, 5.41) is 9.39. The van der Waals surface area contributed by atoms with Gasteiger partial charge in [-0.25, -0.2) is 4.39 Å². The Kier molecular flexibility index (Phi) is 6.86. The van der Waals surface area contributed by atoms with Crippen molar-refractivity contribution in [2.45, 2.75) is 32.7 Å². The van der Waals surface area contributed by atoms with E-state index in [0.29, 0.717) is 44.8 Å². The third-order valence-corrected chi connectivity index (χ3v) is 5.93. The smallest absolute Gasteiger partial charge is 0.253 e. The number of likely N-dealkylation sites (tertiary alicyclic amines) is 1. The standard InChI is InChI=1S/C22H29FN4O2/c1-16(2)20(14-24)25-10-12-26(13-11-25)22(29)18-4-3-9-27(15-18)21(28)17-5-7-19(23)8-6-17/h5-8,16,18,20H,3-4,9-13,15H2,1-2H3. The van der Waals surface area contributed by atoms with Crippen LogP contribution in [0, 0.1) is 29.0 Å². The number of halogens is 1. The predicted octanol–water partition coefficient (Wildman–Crippen LogP) is 2.37. The first-order valence-electron chi connectivity index (χ1n) is 10.4. The zero-order chi connectivity index (χ0) is 21.0. The molecule has 0 spiro atoms. The first-order valence-corrected chi connectivity index (χ1v) is 10.4. The molecule has 0 saturated carbocycles. The maximum Gasteiger partial charge on any atom is 0.253 e. The molecule has 2 atom stereocenters. The molecule has 29 heavy (non-hydrogen) atoms. The van der Waals surface area contributed by atoms with E-state index in [2.05, 4.69) is 11.0 Å². The molecular formula is C22H29FN4O2. The molecule has 2 aliphatic heterocycles. The fourth-order valence-electron chi connectivity index (χ4n) is 4.27. The molecule has 0 radical (unpaired) electrons. The second-order valence-electron chi connectivity index (χ2n) is 8.28. The number of carbonyl (C=O) groups excluding carboxylic acids is 2. The summed E-state index contributed by atoms with van der Waals surface area (Å²) in [6, 6.07) is 7.79. The number of hydrogen-bond acceptors (Lipinski definition) is 4. The van der Waals surface area contributed by atoms with E-state index >= 15 is 0 Å². The lowest BCUT2D eigenvalue weighted by Crippen LogP contribution is -2.55. The number of benzene rings is 1. The van der Waals surface area contributed by atoms with Crippen LogP contribution in [0.15, 0.2) is 24.3 Å². The van der Waals surface area contributed by atoms with Gasteiger partial charge in [-0.2, -0.15) is 5.26 Å². The average Bonchev–Trinajstić information content (AvgIpc) is 2.74. The number of rotatable bonds is 4. The second-order valence-corrected chi connectivity index (χ2v) is 8.28. The quantitative estimate of drug-likeness (QED) is 0.778. The summed E-state index contributed by atoms with van der Waals surface area (Å²) in [5.74, 6) is -0.368. The van der Waals surface area contributed by atoms with Gasteiger partial charge in [-0.1, -0.05) is 13.8 Å².